The van der Waals surface area contributed by atoms with Gasteiger partial charge in [-0.2, -0.15) is 0 Å². The molecule has 0 bridgehead atoms. The zero-order valence-electron chi connectivity index (χ0n) is 9.28. The Hall–Kier alpha value is -0.510. The van der Waals surface area contributed by atoms with Crippen LogP contribution in [0.15, 0.2) is 12.1 Å². The van der Waals surface area contributed by atoms with Gasteiger partial charge in [-0.05, 0) is 26.0 Å². The molecule has 0 aromatic carbocycles. The van der Waals surface area contributed by atoms with Crippen LogP contribution >= 0.6 is 23.2 Å². The molecule has 5 heteroatoms. The highest BCUT2D eigenvalue weighted by Gasteiger charge is 2.22. The van der Waals surface area contributed by atoms with Crippen molar-refractivity contribution in [2.24, 2.45) is 0 Å². The van der Waals surface area contributed by atoms with Crippen molar-refractivity contribution in [3.8, 4) is 0 Å². The molecule has 2 atom stereocenters. The normalized spacial score (nSPS) is 25.9. The Balaban J connectivity index is 2.22. The van der Waals surface area contributed by atoms with Crippen molar-refractivity contribution < 1.29 is 4.74 Å². The van der Waals surface area contributed by atoms with Gasteiger partial charge in [0.2, 0.25) is 0 Å². The SMILES string of the molecule is C[C@@H]1CN(c2cc(Cl)nc(Cl)c2)C[C@@H](C)O1. The monoisotopic (exact) mass is 260 g/mol. The van der Waals surface area contributed by atoms with Crippen molar-refractivity contribution in [1.82, 2.24) is 4.98 Å². The topological polar surface area (TPSA) is 25.4 Å². The first-order valence-corrected chi connectivity index (χ1v) is 6.03. The zero-order valence-corrected chi connectivity index (χ0v) is 10.8. The highest BCUT2D eigenvalue weighted by molar-refractivity contribution is 6.32. The minimum atomic E-state index is 0.217. The van der Waals surface area contributed by atoms with Gasteiger partial charge in [0.05, 0.1) is 12.2 Å². The van der Waals surface area contributed by atoms with E-state index in [-0.39, 0.29) is 12.2 Å². The Labute approximate surface area is 105 Å². The Morgan fingerprint density at radius 1 is 1.19 bits per heavy atom. The number of pyridine rings is 1. The lowest BCUT2D eigenvalue weighted by atomic mass is 10.2. The van der Waals surface area contributed by atoms with E-state index >= 15 is 0 Å². The molecule has 2 rings (SSSR count). The van der Waals surface area contributed by atoms with Gasteiger partial charge in [0, 0.05) is 18.8 Å². The van der Waals surface area contributed by atoms with Gasteiger partial charge >= 0.3 is 0 Å². The highest BCUT2D eigenvalue weighted by Crippen LogP contribution is 2.25. The van der Waals surface area contributed by atoms with Crippen LogP contribution in [0.25, 0.3) is 0 Å². The summed E-state index contributed by atoms with van der Waals surface area (Å²) in [6.45, 7) is 5.82. The largest absolute Gasteiger partial charge is 0.372 e. The number of anilines is 1. The van der Waals surface area contributed by atoms with Crippen LogP contribution < -0.4 is 4.90 Å². The summed E-state index contributed by atoms with van der Waals surface area (Å²) in [5.41, 5.74) is 1.01. The summed E-state index contributed by atoms with van der Waals surface area (Å²) in [5.74, 6) is 0. The van der Waals surface area contributed by atoms with Crippen molar-refractivity contribution in [3.05, 3.63) is 22.4 Å². The van der Waals surface area contributed by atoms with E-state index in [0.717, 1.165) is 18.8 Å². The predicted molar refractivity (Wildman–Crippen MR) is 66.5 cm³/mol. The van der Waals surface area contributed by atoms with Crippen LogP contribution in [0.3, 0.4) is 0 Å². The summed E-state index contributed by atoms with van der Waals surface area (Å²) in [6.07, 6.45) is 0.434. The summed E-state index contributed by atoms with van der Waals surface area (Å²) >= 11 is 11.8. The van der Waals surface area contributed by atoms with Gasteiger partial charge in [-0.25, -0.2) is 4.98 Å². The molecule has 3 nitrogen and oxygen atoms in total. The fourth-order valence-electron chi connectivity index (χ4n) is 2.02. The van der Waals surface area contributed by atoms with Gasteiger partial charge in [-0.15, -0.1) is 0 Å². The number of aromatic nitrogens is 1. The number of ether oxygens (including phenoxy) is 1. The van der Waals surface area contributed by atoms with E-state index in [9.17, 15) is 0 Å². The fraction of sp³-hybridized carbons (Fsp3) is 0.545. The predicted octanol–water partition coefficient (Wildman–Crippen LogP) is 3.00. The fourth-order valence-corrected chi connectivity index (χ4v) is 2.47. The molecule has 0 aliphatic carbocycles. The Morgan fingerprint density at radius 3 is 2.19 bits per heavy atom. The van der Waals surface area contributed by atoms with Gasteiger partial charge in [0.1, 0.15) is 10.3 Å². The molecular weight excluding hydrogens is 247 g/mol. The number of hydrogen-bond donors (Lipinski definition) is 0. The first kappa shape index (κ1) is 12.0. The Morgan fingerprint density at radius 2 is 1.69 bits per heavy atom. The van der Waals surface area contributed by atoms with Gasteiger partial charge in [0.25, 0.3) is 0 Å². The summed E-state index contributed by atoms with van der Waals surface area (Å²) in [5, 5.41) is 0.851. The lowest BCUT2D eigenvalue weighted by Gasteiger charge is -2.36. The smallest absolute Gasteiger partial charge is 0.132 e. The molecule has 16 heavy (non-hydrogen) atoms. The van der Waals surface area contributed by atoms with Crippen LogP contribution in [0, 0.1) is 0 Å². The van der Waals surface area contributed by atoms with E-state index < -0.39 is 0 Å². The highest BCUT2D eigenvalue weighted by atomic mass is 35.5. The van der Waals surface area contributed by atoms with Crippen LogP contribution in [0.1, 0.15) is 13.8 Å². The number of halogens is 2. The average Bonchev–Trinajstić information content (AvgIpc) is 2.14. The molecule has 1 aromatic heterocycles. The minimum Gasteiger partial charge on any atom is -0.372 e. The van der Waals surface area contributed by atoms with Crippen LogP contribution in [0.4, 0.5) is 5.69 Å². The minimum absolute atomic E-state index is 0.217. The van der Waals surface area contributed by atoms with E-state index in [1.54, 1.807) is 0 Å². The molecule has 0 spiro atoms. The van der Waals surface area contributed by atoms with Crippen LogP contribution in [-0.4, -0.2) is 30.3 Å². The van der Waals surface area contributed by atoms with Gasteiger partial charge in [-0.1, -0.05) is 23.2 Å². The summed E-state index contributed by atoms with van der Waals surface area (Å²) < 4.78 is 5.68. The quantitative estimate of drug-likeness (QED) is 0.726. The molecule has 0 amide bonds. The third kappa shape index (κ3) is 2.78. The van der Waals surface area contributed by atoms with E-state index in [2.05, 4.69) is 23.7 Å². The molecule has 0 unspecified atom stereocenters. The lowest BCUT2D eigenvalue weighted by Crippen LogP contribution is -2.45. The average molecular weight is 261 g/mol. The van der Waals surface area contributed by atoms with Crippen molar-refractivity contribution in [3.63, 3.8) is 0 Å². The number of nitrogens with zero attached hydrogens (tertiary/aromatic N) is 2. The molecule has 1 aliphatic heterocycles. The maximum atomic E-state index is 5.89. The number of rotatable bonds is 1. The zero-order chi connectivity index (χ0) is 11.7. The van der Waals surface area contributed by atoms with Gasteiger partial charge in [-0.3, -0.25) is 0 Å². The first-order valence-electron chi connectivity index (χ1n) is 5.28. The summed E-state index contributed by atoms with van der Waals surface area (Å²) in [7, 11) is 0. The Kier molecular flexibility index (Phi) is 3.57. The third-order valence-electron chi connectivity index (χ3n) is 2.53. The molecule has 2 heterocycles. The number of hydrogen-bond acceptors (Lipinski definition) is 3. The van der Waals surface area contributed by atoms with Crippen molar-refractivity contribution in [2.45, 2.75) is 26.1 Å². The van der Waals surface area contributed by atoms with Crippen molar-refractivity contribution >= 4 is 28.9 Å². The van der Waals surface area contributed by atoms with Crippen LogP contribution in [-0.2, 0) is 4.74 Å². The standard InChI is InChI=1S/C11H14Cl2N2O/c1-7-5-15(6-8(2)16-7)9-3-10(12)14-11(13)4-9/h3-4,7-8H,5-6H2,1-2H3/t7-,8-/m1/s1. The molecule has 0 radical (unpaired) electrons. The summed E-state index contributed by atoms with van der Waals surface area (Å²) in [6, 6.07) is 3.66. The van der Waals surface area contributed by atoms with E-state index in [1.165, 1.54) is 0 Å². The number of morpholine rings is 1. The van der Waals surface area contributed by atoms with Crippen molar-refractivity contribution in [1.29, 1.82) is 0 Å². The second-order valence-corrected chi connectivity index (χ2v) is 4.91. The second-order valence-electron chi connectivity index (χ2n) is 4.13. The van der Waals surface area contributed by atoms with Gasteiger partial charge in [0.15, 0.2) is 0 Å². The molecule has 0 N–H and O–H groups in total. The molecule has 88 valence electrons. The van der Waals surface area contributed by atoms with E-state index in [0.29, 0.717) is 10.3 Å². The van der Waals surface area contributed by atoms with Crippen molar-refractivity contribution in [2.75, 3.05) is 18.0 Å². The Bertz CT molecular complexity index is 356. The third-order valence-corrected chi connectivity index (χ3v) is 2.92. The molecule has 1 fully saturated rings. The molecule has 1 aliphatic rings. The maximum absolute atomic E-state index is 5.89. The molecule has 0 saturated carbocycles. The van der Waals surface area contributed by atoms with E-state index in [1.807, 2.05) is 12.1 Å². The summed E-state index contributed by atoms with van der Waals surface area (Å²) in [4.78, 5) is 6.16. The maximum Gasteiger partial charge on any atom is 0.132 e. The van der Waals surface area contributed by atoms with Crippen LogP contribution in [0.5, 0.6) is 0 Å². The van der Waals surface area contributed by atoms with E-state index in [4.69, 9.17) is 27.9 Å². The second kappa shape index (κ2) is 4.78. The lowest BCUT2D eigenvalue weighted by molar-refractivity contribution is -0.00522. The molecular formula is C11H14Cl2N2O. The first-order chi connectivity index (χ1) is 7.54. The molecule has 1 aromatic rings. The van der Waals surface area contributed by atoms with Crippen LogP contribution in [0.2, 0.25) is 10.3 Å². The molecule has 1 saturated heterocycles. The van der Waals surface area contributed by atoms with Gasteiger partial charge < -0.3 is 9.64 Å².